The Kier molecular flexibility index (Phi) is 5.27. The Morgan fingerprint density at radius 3 is 2.50 bits per heavy atom. The molecule has 0 fully saturated rings. The number of nitrogens with one attached hydrogen (secondary N) is 1. The minimum Gasteiger partial charge on any atom is -0.324 e. The summed E-state index contributed by atoms with van der Waals surface area (Å²) in [5.41, 5.74) is 6.98. The van der Waals surface area contributed by atoms with E-state index in [0.717, 1.165) is 12.0 Å². The normalized spacial score (nSPS) is 14.7. The fraction of sp³-hybridized carbons (Fsp3) is 0.462. The van der Waals surface area contributed by atoms with E-state index in [1.807, 2.05) is 13.8 Å². The molecule has 1 aromatic carbocycles. The summed E-state index contributed by atoms with van der Waals surface area (Å²) in [5, 5.41) is 7.72. The van der Waals surface area contributed by atoms with E-state index in [0.29, 0.717) is 5.69 Å². The first-order valence-electron chi connectivity index (χ1n) is 6.36. The molecule has 0 heterocycles. The van der Waals surface area contributed by atoms with Crippen LogP contribution in [0.4, 0.5) is 5.69 Å². The minimum absolute atomic E-state index is 0.0386. The Morgan fingerprint density at radius 1 is 1.40 bits per heavy atom. The van der Waals surface area contributed by atoms with Gasteiger partial charge in [0.05, 0.1) is 10.9 Å². The molecule has 0 spiro atoms. The Balaban J connectivity index is 3.01. The smallest absolute Gasteiger partial charge is 0.241 e. The van der Waals surface area contributed by atoms with Crippen molar-refractivity contribution in [2.45, 2.75) is 38.1 Å². The summed E-state index contributed by atoms with van der Waals surface area (Å²) in [4.78, 5) is 12.0. The van der Waals surface area contributed by atoms with Crippen LogP contribution in [0, 0.1) is 12.8 Å². The van der Waals surface area contributed by atoms with Gasteiger partial charge in [-0.1, -0.05) is 26.3 Å². The van der Waals surface area contributed by atoms with E-state index < -0.39 is 16.1 Å². The van der Waals surface area contributed by atoms with Crippen molar-refractivity contribution in [2.75, 3.05) is 5.32 Å². The lowest BCUT2D eigenvalue weighted by atomic mass is 9.99. The molecule has 2 atom stereocenters. The van der Waals surface area contributed by atoms with E-state index in [2.05, 4.69) is 5.32 Å². The summed E-state index contributed by atoms with van der Waals surface area (Å²) in [6.07, 6.45) is 0.783. The number of hydrogen-bond donors (Lipinski definition) is 3. The molecular weight excluding hydrogens is 278 g/mol. The lowest BCUT2D eigenvalue weighted by molar-refractivity contribution is -0.118. The predicted octanol–water partition coefficient (Wildman–Crippen LogP) is 0.954. The third kappa shape index (κ3) is 4.03. The Hall–Kier alpha value is -1.44. The zero-order chi connectivity index (χ0) is 15.5. The largest absolute Gasteiger partial charge is 0.324 e. The van der Waals surface area contributed by atoms with Crippen molar-refractivity contribution in [2.24, 2.45) is 16.8 Å². The van der Waals surface area contributed by atoms with E-state index in [1.165, 1.54) is 12.1 Å². The van der Waals surface area contributed by atoms with Crippen LogP contribution < -0.4 is 16.2 Å². The van der Waals surface area contributed by atoms with Crippen molar-refractivity contribution in [3.8, 4) is 0 Å². The topological polar surface area (TPSA) is 115 Å². The maximum Gasteiger partial charge on any atom is 0.241 e. The van der Waals surface area contributed by atoms with Gasteiger partial charge in [-0.15, -0.1) is 0 Å². The van der Waals surface area contributed by atoms with Crippen molar-refractivity contribution >= 4 is 21.6 Å². The van der Waals surface area contributed by atoms with Gasteiger partial charge in [-0.05, 0) is 30.5 Å². The Bertz CT molecular complexity index is 599. The highest BCUT2D eigenvalue weighted by Crippen LogP contribution is 2.20. The summed E-state index contributed by atoms with van der Waals surface area (Å²) in [7, 11) is -3.80. The van der Waals surface area contributed by atoms with Gasteiger partial charge >= 0.3 is 0 Å². The number of hydrogen-bond acceptors (Lipinski definition) is 4. The third-order valence-electron chi connectivity index (χ3n) is 3.36. The summed E-state index contributed by atoms with van der Waals surface area (Å²) < 4.78 is 22.6. The average molecular weight is 299 g/mol. The van der Waals surface area contributed by atoms with Crippen molar-refractivity contribution < 1.29 is 13.2 Å². The molecule has 112 valence electrons. The second kappa shape index (κ2) is 6.34. The highest BCUT2D eigenvalue weighted by atomic mass is 32.2. The van der Waals surface area contributed by atoms with Gasteiger partial charge in [0, 0.05) is 5.69 Å². The van der Waals surface area contributed by atoms with Gasteiger partial charge in [0.15, 0.2) is 0 Å². The highest BCUT2D eigenvalue weighted by molar-refractivity contribution is 7.89. The summed E-state index contributed by atoms with van der Waals surface area (Å²) in [6.45, 7) is 5.60. The van der Waals surface area contributed by atoms with Gasteiger partial charge in [0.1, 0.15) is 0 Å². The van der Waals surface area contributed by atoms with Crippen LogP contribution in [0.15, 0.2) is 23.1 Å². The molecule has 0 saturated heterocycles. The van der Waals surface area contributed by atoms with Crippen LogP contribution in [0.5, 0.6) is 0 Å². The van der Waals surface area contributed by atoms with Gasteiger partial charge in [-0.3, -0.25) is 4.79 Å². The molecule has 1 rings (SSSR count). The van der Waals surface area contributed by atoms with Gasteiger partial charge in [-0.25, -0.2) is 13.6 Å². The van der Waals surface area contributed by atoms with Gasteiger partial charge in [0.2, 0.25) is 15.9 Å². The minimum atomic E-state index is -3.80. The molecule has 20 heavy (non-hydrogen) atoms. The van der Waals surface area contributed by atoms with E-state index in [9.17, 15) is 13.2 Å². The van der Waals surface area contributed by atoms with Crippen molar-refractivity contribution in [1.82, 2.24) is 0 Å². The lowest BCUT2D eigenvalue weighted by Crippen LogP contribution is -2.40. The molecule has 6 nitrogen and oxygen atoms in total. The molecule has 5 N–H and O–H groups in total. The van der Waals surface area contributed by atoms with Crippen LogP contribution in [-0.4, -0.2) is 20.4 Å². The standard InChI is InChI=1S/C13H21N3O3S/c1-4-8(2)12(14)13(17)16-11-7-10(20(15,18)19)6-5-9(11)3/h5-8,12H,4,14H2,1-3H3,(H,16,17)(H2,15,18,19)/t8?,12-/m0/s1. The Labute approximate surface area is 119 Å². The molecule has 0 bridgehead atoms. The highest BCUT2D eigenvalue weighted by Gasteiger charge is 2.20. The zero-order valence-corrected chi connectivity index (χ0v) is 12.7. The average Bonchev–Trinajstić information content (AvgIpc) is 2.38. The first-order valence-corrected chi connectivity index (χ1v) is 7.91. The molecular formula is C13H21N3O3S. The molecule has 0 aliphatic heterocycles. The molecule has 0 saturated carbocycles. The maximum absolute atomic E-state index is 12.0. The molecule has 1 unspecified atom stereocenters. The van der Waals surface area contributed by atoms with Crippen LogP contribution in [-0.2, 0) is 14.8 Å². The van der Waals surface area contributed by atoms with E-state index in [-0.39, 0.29) is 16.7 Å². The SMILES string of the molecule is CCC(C)[C@H](N)C(=O)Nc1cc(S(N)(=O)=O)ccc1C. The van der Waals surface area contributed by atoms with E-state index in [4.69, 9.17) is 10.9 Å². The van der Waals surface area contributed by atoms with Crippen LogP contribution >= 0.6 is 0 Å². The fourth-order valence-electron chi connectivity index (χ4n) is 1.64. The number of carbonyl (C=O) groups is 1. The monoisotopic (exact) mass is 299 g/mol. The van der Waals surface area contributed by atoms with Crippen molar-refractivity contribution in [3.05, 3.63) is 23.8 Å². The first kappa shape index (κ1) is 16.6. The number of aryl methyl sites for hydroxylation is 1. The first-order chi connectivity index (χ1) is 9.16. The quantitative estimate of drug-likeness (QED) is 0.750. The van der Waals surface area contributed by atoms with Crippen LogP contribution in [0.25, 0.3) is 0 Å². The third-order valence-corrected chi connectivity index (χ3v) is 4.27. The fourth-order valence-corrected chi connectivity index (χ4v) is 2.18. The second-order valence-corrected chi connectivity index (χ2v) is 6.48. The Morgan fingerprint density at radius 2 is 2.00 bits per heavy atom. The van der Waals surface area contributed by atoms with Crippen molar-refractivity contribution in [3.63, 3.8) is 0 Å². The number of carbonyl (C=O) groups excluding carboxylic acids is 1. The second-order valence-electron chi connectivity index (χ2n) is 4.92. The van der Waals surface area contributed by atoms with Crippen molar-refractivity contribution in [1.29, 1.82) is 0 Å². The number of anilines is 1. The number of nitrogens with two attached hydrogens (primary N) is 2. The van der Waals surface area contributed by atoms with E-state index in [1.54, 1.807) is 13.0 Å². The predicted molar refractivity (Wildman–Crippen MR) is 78.6 cm³/mol. The molecule has 0 aliphatic carbocycles. The molecule has 7 heteroatoms. The van der Waals surface area contributed by atoms with Gasteiger partial charge < -0.3 is 11.1 Å². The number of primary sulfonamides is 1. The van der Waals surface area contributed by atoms with Crippen LogP contribution in [0.3, 0.4) is 0 Å². The van der Waals surface area contributed by atoms with Gasteiger partial charge in [0.25, 0.3) is 0 Å². The van der Waals surface area contributed by atoms with E-state index >= 15 is 0 Å². The molecule has 1 aromatic rings. The summed E-state index contributed by atoms with van der Waals surface area (Å²) in [5.74, 6) is -0.300. The van der Waals surface area contributed by atoms with Crippen LogP contribution in [0.1, 0.15) is 25.8 Å². The summed E-state index contributed by atoms with van der Waals surface area (Å²) >= 11 is 0. The van der Waals surface area contributed by atoms with Gasteiger partial charge in [-0.2, -0.15) is 0 Å². The molecule has 0 radical (unpaired) electrons. The maximum atomic E-state index is 12.0. The number of benzene rings is 1. The molecule has 0 aromatic heterocycles. The van der Waals surface area contributed by atoms with Crippen LogP contribution in [0.2, 0.25) is 0 Å². The summed E-state index contributed by atoms with van der Waals surface area (Å²) in [6, 6.07) is 3.68. The lowest BCUT2D eigenvalue weighted by Gasteiger charge is -2.18. The number of amides is 1. The number of sulfonamides is 1. The number of rotatable bonds is 5. The molecule has 0 aliphatic rings. The zero-order valence-electron chi connectivity index (χ0n) is 11.9. The molecule has 1 amide bonds.